The Bertz CT molecular complexity index is 330. The lowest BCUT2D eigenvalue weighted by molar-refractivity contribution is -0.171. The summed E-state index contributed by atoms with van der Waals surface area (Å²) in [5.41, 5.74) is -3.53. The van der Waals surface area contributed by atoms with Crippen molar-refractivity contribution in [2.45, 2.75) is 6.18 Å². The molecule has 1 N–H and O–H groups in total. The van der Waals surface area contributed by atoms with Crippen LogP contribution in [0.15, 0.2) is 25.3 Å². The maximum absolute atomic E-state index is 12.0. The van der Waals surface area contributed by atoms with Crippen molar-refractivity contribution in [1.82, 2.24) is 5.09 Å². The van der Waals surface area contributed by atoms with Gasteiger partial charge >= 0.3 is 12.1 Å². The molecule has 0 radical (unpaired) electrons. The zero-order chi connectivity index (χ0) is 13.5. The Morgan fingerprint density at radius 2 is 1.65 bits per heavy atom. The molecular weight excluding hydrogens is 294 g/mol. The number of hydrogen-bond donors (Lipinski definition) is 1. The van der Waals surface area contributed by atoms with E-state index in [2.05, 4.69) is 13.2 Å². The number of carbonyl (C=O) groups is 1. The summed E-state index contributed by atoms with van der Waals surface area (Å²) < 4.78 is 48.1. The zero-order valence-electron chi connectivity index (χ0n) is 8.70. The van der Waals surface area contributed by atoms with E-state index >= 15 is 0 Å². The molecule has 0 aromatic carbocycles. The molecule has 98 valence electrons. The SMILES string of the molecule is C=CCSP(=O)(NC(=O)C(F)(F)F)SCC=C. The Morgan fingerprint density at radius 1 is 1.24 bits per heavy atom. The first kappa shape index (κ1) is 16.7. The fourth-order valence-corrected chi connectivity index (χ4v) is 6.46. The number of nitrogens with one attached hydrogen (secondary N) is 1. The van der Waals surface area contributed by atoms with Gasteiger partial charge in [-0.2, -0.15) is 13.2 Å². The third-order valence-corrected chi connectivity index (χ3v) is 8.53. The van der Waals surface area contributed by atoms with Crippen LogP contribution in [0.5, 0.6) is 0 Å². The highest BCUT2D eigenvalue weighted by Gasteiger charge is 2.42. The lowest BCUT2D eigenvalue weighted by atomic mass is 10.6. The summed E-state index contributed by atoms with van der Waals surface area (Å²) in [7, 11) is 0. The molecule has 0 atom stereocenters. The zero-order valence-corrected chi connectivity index (χ0v) is 11.2. The van der Waals surface area contributed by atoms with Crippen LogP contribution in [0.4, 0.5) is 13.2 Å². The summed E-state index contributed by atoms with van der Waals surface area (Å²) in [6.07, 6.45) is -2.25. The maximum Gasteiger partial charge on any atom is 0.471 e. The van der Waals surface area contributed by atoms with E-state index in [9.17, 15) is 22.5 Å². The first-order chi connectivity index (χ1) is 7.75. The summed E-state index contributed by atoms with van der Waals surface area (Å²) in [5, 5.41) is 1.52. The van der Waals surface area contributed by atoms with E-state index in [-0.39, 0.29) is 11.5 Å². The molecule has 0 aliphatic heterocycles. The minimum Gasteiger partial charge on any atom is -0.283 e. The summed E-state index contributed by atoms with van der Waals surface area (Å²) in [6, 6.07) is 0. The van der Waals surface area contributed by atoms with E-state index in [1.54, 1.807) is 0 Å². The van der Waals surface area contributed by atoms with Crippen molar-refractivity contribution >= 4 is 34.4 Å². The standard InChI is InChI=1S/C8H11F3NO2PS2/c1-3-5-16-15(14,17-6-4-2)12-7(13)8(9,10)11/h3-4H,1-2,5-6H2,(H,12,13,14). The molecule has 9 heteroatoms. The summed E-state index contributed by atoms with van der Waals surface area (Å²) >= 11 is 1.46. The van der Waals surface area contributed by atoms with Crippen LogP contribution in [0.1, 0.15) is 0 Å². The average molecular weight is 305 g/mol. The Hall–Kier alpha value is -0.330. The van der Waals surface area contributed by atoms with Gasteiger partial charge in [-0.15, -0.1) is 13.2 Å². The number of carbonyl (C=O) groups excluding carboxylic acids is 1. The molecular formula is C8H11F3NO2PS2. The molecule has 0 aromatic rings. The number of amides is 1. The number of halogens is 3. The number of hydrogen-bond acceptors (Lipinski definition) is 4. The molecule has 0 spiro atoms. The minimum absolute atomic E-state index is 0.180. The van der Waals surface area contributed by atoms with Crippen LogP contribution in [0.3, 0.4) is 0 Å². The molecule has 0 saturated carbocycles. The predicted molar refractivity (Wildman–Crippen MR) is 67.1 cm³/mol. The lowest BCUT2D eigenvalue weighted by Crippen LogP contribution is -2.33. The molecule has 0 fully saturated rings. The third kappa shape index (κ3) is 6.85. The van der Waals surface area contributed by atoms with Crippen LogP contribution < -0.4 is 5.09 Å². The first-order valence-corrected chi connectivity index (χ1v) is 9.14. The van der Waals surface area contributed by atoms with Crippen LogP contribution >= 0.6 is 28.5 Å². The number of rotatable bonds is 7. The highest BCUT2D eigenvalue weighted by atomic mass is 33.1. The Balaban J connectivity index is 4.68. The van der Waals surface area contributed by atoms with Crippen molar-refractivity contribution < 1.29 is 22.5 Å². The fraction of sp³-hybridized carbons (Fsp3) is 0.375. The second kappa shape index (κ2) is 7.18. The second-order valence-electron chi connectivity index (χ2n) is 2.61. The fourth-order valence-electron chi connectivity index (χ4n) is 0.591. The summed E-state index contributed by atoms with van der Waals surface area (Å²) in [6.45, 7) is 6.73. The van der Waals surface area contributed by atoms with Gasteiger partial charge in [0.2, 0.25) is 0 Å². The quantitative estimate of drug-likeness (QED) is 0.576. The van der Waals surface area contributed by atoms with Crippen LogP contribution in [-0.4, -0.2) is 23.6 Å². The molecule has 0 aromatic heterocycles. The van der Waals surface area contributed by atoms with Gasteiger partial charge in [0.1, 0.15) is 0 Å². The largest absolute Gasteiger partial charge is 0.471 e. The Labute approximate surface area is 105 Å². The van der Waals surface area contributed by atoms with E-state index in [0.717, 1.165) is 22.8 Å². The molecule has 0 saturated heterocycles. The van der Waals surface area contributed by atoms with Crippen molar-refractivity contribution in [3.8, 4) is 0 Å². The molecule has 0 bridgehead atoms. The van der Waals surface area contributed by atoms with Gasteiger partial charge in [-0.1, -0.05) is 34.9 Å². The Morgan fingerprint density at radius 3 is 1.94 bits per heavy atom. The molecule has 0 aliphatic rings. The normalized spacial score (nSPS) is 11.9. The predicted octanol–water partition coefficient (Wildman–Crippen LogP) is 3.61. The van der Waals surface area contributed by atoms with Gasteiger partial charge in [0.15, 0.2) is 0 Å². The minimum atomic E-state index is -5.04. The second-order valence-corrected chi connectivity index (χ2v) is 10.3. The van der Waals surface area contributed by atoms with Crippen molar-refractivity contribution in [2.24, 2.45) is 0 Å². The lowest BCUT2D eigenvalue weighted by Gasteiger charge is -2.17. The van der Waals surface area contributed by atoms with Gasteiger partial charge in [-0.3, -0.25) is 14.4 Å². The first-order valence-electron chi connectivity index (χ1n) is 4.25. The van der Waals surface area contributed by atoms with Gasteiger partial charge < -0.3 is 0 Å². The van der Waals surface area contributed by atoms with Crippen LogP contribution in [0.25, 0.3) is 0 Å². The van der Waals surface area contributed by atoms with E-state index in [0.29, 0.717) is 0 Å². The highest BCUT2D eigenvalue weighted by molar-refractivity contribution is 8.90. The topological polar surface area (TPSA) is 46.2 Å². The van der Waals surface area contributed by atoms with Crippen LogP contribution in [-0.2, 0) is 9.36 Å². The average Bonchev–Trinajstić information content (AvgIpc) is 2.22. The van der Waals surface area contributed by atoms with Gasteiger partial charge in [0, 0.05) is 11.5 Å². The van der Waals surface area contributed by atoms with Gasteiger partial charge in [-0.05, 0) is 0 Å². The smallest absolute Gasteiger partial charge is 0.283 e. The third-order valence-electron chi connectivity index (χ3n) is 1.22. The van der Waals surface area contributed by atoms with Crippen LogP contribution in [0, 0.1) is 0 Å². The highest BCUT2D eigenvalue weighted by Crippen LogP contribution is 2.65. The van der Waals surface area contributed by atoms with Crippen molar-refractivity contribution in [3.63, 3.8) is 0 Å². The maximum atomic E-state index is 12.0. The molecule has 0 unspecified atom stereocenters. The van der Waals surface area contributed by atoms with E-state index in [1.807, 2.05) is 0 Å². The summed E-state index contributed by atoms with van der Waals surface area (Å²) in [5.74, 6) is -1.84. The number of alkyl halides is 3. The van der Waals surface area contributed by atoms with Gasteiger partial charge in [0.25, 0.3) is 5.70 Å². The van der Waals surface area contributed by atoms with Gasteiger partial charge in [0.05, 0.1) is 0 Å². The van der Waals surface area contributed by atoms with Crippen molar-refractivity contribution in [1.29, 1.82) is 0 Å². The molecule has 17 heavy (non-hydrogen) atoms. The van der Waals surface area contributed by atoms with Crippen molar-refractivity contribution in [2.75, 3.05) is 11.5 Å². The van der Waals surface area contributed by atoms with E-state index in [1.165, 1.54) is 17.2 Å². The van der Waals surface area contributed by atoms with E-state index < -0.39 is 17.8 Å². The van der Waals surface area contributed by atoms with Gasteiger partial charge in [-0.25, -0.2) is 0 Å². The molecule has 1 amide bonds. The van der Waals surface area contributed by atoms with Crippen LogP contribution in [0.2, 0.25) is 0 Å². The van der Waals surface area contributed by atoms with Crippen molar-refractivity contribution in [3.05, 3.63) is 25.3 Å². The molecule has 0 rings (SSSR count). The summed E-state index contributed by atoms with van der Waals surface area (Å²) in [4.78, 5) is 10.7. The Kier molecular flexibility index (Phi) is 7.04. The molecule has 0 heterocycles. The molecule has 0 aliphatic carbocycles. The van der Waals surface area contributed by atoms with E-state index in [4.69, 9.17) is 0 Å². The molecule has 3 nitrogen and oxygen atoms in total. The monoisotopic (exact) mass is 305 g/mol.